The van der Waals surface area contributed by atoms with Gasteiger partial charge in [-0.2, -0.15) is 0 Å². The normalized spacial score (nSPS) is 18.7. The number of fused-ring (bicyclic) bond motifs is 1. The third kappa shape index (κ3) is 2.77. The van der Waals surface area contributed by atoms with Crippen LogP contribution in [0.25, 0.3) is 10.8 Å². The molecule has 6 heteroatoms. The monoisotopic (exact) mass is 303 g/mol. The van der Waals surface area contributed by atoms with Crippen molar-refractivity contribution in [3.05, 3.63) is 30.5 Å². The van der Waals surface area contributed by atoms with Crippen LogP contribution in [-0.4, -0.2) is 42.9 Å². The Balaban J connectivity index is 1.98. The van der Waals surface area contributed by atoms with Gasteiger partial charge in [-0.15, -0.1) is 0 Å². The number of methoxy groups -OCH3 is 1. The van der Waals surface area contributed by atoms with Gasteiger partial charge in [0.1, 0.15) is 22.7 Å². The average molecular weight is 303 g/mol. The van der Waals surface area contributed by atoms with Gasteiger partial charge in [0, 0.05) is 18.1 Å². The molecule has 2 aromatic rings. The van der Waals surface area contributed by atoms with Gasteiger partial charge in [-0.3, -0.25) is 0 Å². The highest BCUT2D eigenvalue weighted by molar-refractivity contribution is 7.80. The van der Waals surface area contributed by atoms with Crippen LogP contribution in [0.2, 0.25) is 0 Å². The number of nitrogens with two attached hydrogens (primary N) is 1. The summed E-state index contributed by atoms with van der Waals surface area (Å²) < 4.78 is 10.9. The van der Waals surface area contributed by atoms with Crippen molar-refractivity contribution in [3.63, 3.8) is 0 Å². The third-order valence-electron chi connectivity index (χ3n) is 3.63. The number of hydrogen-bond acceptors (Lipinski definition) is 5. The SMILES string of the molecule is COc1ccc2c(N3CCOC(C(N)=S)C3)nccc2c1. The van der Waals surface area contributed by atoms with Crippen molar-refractivity contribution in [3.8, 4) is 5.75 Å². The van der Waals surface area contributed by atoms with E-state index in [1.165, 1.54) is 0 Å². The molecule has 1 aliphatic rings. The van der Waals surface area contributed by atoms with Crippen LogP contribution < -0.4 is 15.4 Å². The van der Waals surface area contributed by atoms with Crippen LogP contribution in [0.5, 0.6) is 5.75 Å². The van der Waals surface area contributed by atoms with Crippen LogP contribution in [0.3, 0.4) is 0 Å². The molecule has 1 fully saturated rings. The first kappa shape index (κ1) is 14.0. The van der Waals surface area contributed by atoms with E-state index in [-0.39, 0.29) is 6.10 Å². The number of aromatic nitrogens is 1. The minimum absolute atomic E-state index is 0.218. The molecule has 0 amide bonds. The van der Waals surface area contributed by atoms with Crippen LogP contribution in [0.1, 0.15) is 0 Å². The van der Waals surface area contributed by atoms with Crippen molar-refractivity contribution in [1.29, 1.82) is 0 Å². The first-order chi connectivity index (χ1) is 10.2. The van der Waals surface area contributed by atoms with Gasteiger partial charge in [0.15, 0.2) is 0 Å². The standard InChI is InChI=1S/C15H17N3O2S/c1-19-11-2-3-12-10(8-11)4-5-17-15(12)18-6-7-20-13(9-18)14(16)21/h2-5,8,13H,6-7,9H2,1H3,(H2,16,21). The molecule has 0 radical (unpaired) electrons. The Kier molecular flexibility index (Phi) is 3.90. The molecular weight excluding hydrogens is 286 g/mol. The zero-order chi connectivity index (χ0) is 14.8. The van der Waals surface area contributed by atoms with E-state index in [9.17, 15) is 0 Å². The molecule has 1 aromatic heterocycles. The second-order valence-electron chi connectivity index (χ2n) is 4.93. The first-order valence-corrected chi connectivity index (χ1v) is 7.18. The molecule has 0 aliphatic carbocycles. The fourth-order valence-electron chi connectivity index (χ4n) is 2.53. The molecule has 1 atom stereocenters. The number of nitrogens with zero attached hydrogens (tertiary/aromatic N) is 2. The van der Waals surface area contributed by atoms with Gasteiger partial charge in [-0.25, -0.2) is 4.98 Å². The maximum atomic E-state index is 5.70. The second-order valence-corrected chi connectivity index (χ2v) is 5.40. The summed E-state index contributed by atoms with van der Waals surface area (Å²) in [6, 6.07) is 7.96. The lowest BCUT2D eigenvalue weighted by atomic mass is 10.1. The molecule has 21 heavy (non-hydrogen) atoms. The molecule has 1 aliphatic heterocycles. The smallest absolute Gasteiger partial charge is 0.136 e. The Morgan fingerprint density at radius 2 is 2.33 bits per heavy atom. The van der Waals surface area contributed by atoms with Gasteiger partial charge in [0.05, 0.1) is 20.3 Å². The van der Waals surface area contributed by atoms with E-state index < -0.39 is 0 Å². The van der Waals surface area contributed by atoms with E-state index in [0.29, 0.717) is 18.1 Å². The largest absolute Gasteiger partial charge is 0.497 e. The summed E-state index contributed by atoms with van der Waals surface area (Å²) >= 11 is 5.04. The summed E-state index contributed by atoms with van der Waals surface area (Å²) in [4.78, 5) is 7.08. The molecule has 1 aromatic carbocycles. The maximum absolute atomic E-state index is 5.70. The van der Waals surface area contributed by atoms with Crippen molar-refractivity contribution in [2.45, 2.75) is 6.10 Å². The molecule has 0 bridgehead atoms. The van der Waals surface area contributed by atoms with Crippen molar-refractivity contribution in [2.24, 2.45) is 5.73 Å². The van der Waals surface area contributed by atoms with E-state index in [2.05, 4.69) is 9.88 Å². The lowest BCUT2D eigenvalue weighted by Gasteiger charge is -2.33. The zero-order valence-electron chi connectivity index (χ0n) is 11.8. The minimum Gasteiger partial charge on any atom is -0.497 e. The summed E-state index contributed by atoms with van der Waals surface area (Å²) in [7, 11) is 1.66. The zero-order valence-corrected chi connectivity index (χ0v) is 12.6. The van der Waals surface area contributed by atoms with Crippen molar-refractivity contribution >= 4 is 33.8 Å². The number of anilines is 1. The van der Waals surface area contributed by atoms with Gasteiger partial charge in [-0.1, -0.05) is 12.2 Å². The Morgan fingerprint density at radius 1 is 1.48 bits per heavy atom. The van der Waals surface area contributed by atoms with Crippen molar-refractivity contribution < 1.29 is 9.47 Å². The average Bonchev–Trinajstić information content (AvgIpc) is 2.53. The highest BCUT2D eigenvalue weighted by atomic mass is 32.1. The number of hydrogen-bond donors (Lipinski definition) is 1. The highest BCUT2D eigenvalue weighted by Gasteiger charge is 2.24. The van der Waals surface area contributed by atoms with Gasteiger partial charge >= 0.3 is 0 Å². The molecule has 1 saturated heterocycles. The molecule has 0 saturated carbocycles. The van der Waals surface area contributed by atoms with Crippen LogP contribution in [-0.2, 0) is 4.74 Å². The number of benzene rings is 1. The Bertz CT molecular complexity index is 677. The quantitative estimate of drug-likeness (QED) is 0.872. The lowest BCUT2D eigenvalue weighted by molar-refractivity contribution is 0.0845. The highest BCUT2D eigenvalue weighted by Crippen LogP contribution is 2.28. The molecule has 3 rings (SSSR count). The van der Waals surface area contributed by atoms with Crippen molar-refractivity contribution in [1.82, 2.24) is 4.98 Å². The van der Waals surface area contributed by atoms with Crippen LogP contribution in [0, 0.1) is 0 Å². The predicted molar refractivity (Wildman–Crippen MR) is 87.0 cm³/mol. The number of ether oxygens (including phenoxy) is 2. The first-order valence-electron chi connectivity index (χ1n) is 6.77. The topological polar surface area (TPSA) is 60.6 Å². The van der Waals surface area contributed by atoms with Gasteiger partial charge in [0.25, 0.3) is 0 Å². The summed E-state index contributed by atoms with van der Waals surface area (Å²) in [5.41, 5.74) is 5.70. The molecular formula is C15H17N3O2S. The van der Waals surface area contributed by atoms with E-state index in [0.717, 1.165) is 28.9 Å². The predicted octanol–water partition coefficient (Wildman–Crippen LogP) is 1.73. The van der Waals surface area contributed by atoms with Gasteiger partial charge in [-0.05, 0) is 29.7 Å². The number of morpholine rings is 1. The summed E-state index contributed by atoms with van der Waals surface area (Å²) in [5.74, 6) is 1.77. The van der Waals surface area contributed by atoms with E-state index >= 15 is 0 Å². The lowest BCUT2D eigenvalue weighted by Crippen LogP contribution is -2.48. The minimum atomic E-state index is -0.218. The third-order valence-corrected chi connectivity index (χ3v) is 3.90. The van der Waals surface area contributed by atoms with E-state index in [1.54, 1.807) is 7.11 Å². The van der Waals surface area contributed by atoms with Crippen LogP contribution in [0.15, 0.2) is 30.5 Å². The Hall–Kier alpha value is -1.92. The molecule has 110 valence electrons. The number of pyridine rings is 1. The Labute approximate surface area is 128 Å². The van der Waals surface area contributed by atoms with Crippen LogP contribution >= 0.6 is 12.2 Å². The maximum Gasteiger partial charge on any atom is 0.136 e. The van der Waals surface area contributed by atoms with Gasteiger partial charge < -0.3 is 20.1 Å². The van der Waals surface area contributed by atoms with Crippen molar-refractivity contribution in [2.75, 3.05) is 31.7 Å². The van der Waals surface area contributed by atoms with Crippen LogP contribution in [0.4, 0.5) is 5.82 Å². The molecule has 2 N–H and O–H groups in total. The van der Waals surface area contributed by atoms with E-state index in [1.807, 2.05) is 30.5 Å². The number of rotatable bonds is 3. The fraction of sp³-hybridized carbons (Fsp3) is 0.333. The Morgan fingerprint density at radius 3 is 3.10 bits per heavy atom. The molecule has 1 unspecified atom stereocenters. The summed E-state index contributed by atoms with van der Waals surface area (Å²) in [6.45, 7) is 2.00. The second kappa shape index (κ2) is 5.83. The number of thiocarbonyl (C=S) groups is 1. The van der Waals surface area contributed by atoms with Gasteiger partial charge in [0.2, 0.25) is 0 Å². The fourth-order valence-corrected chi connectivity index (χ4v) is 2.68. The summed E-state index contributed by atoms with van der Waals surface area (Å²) in [6.07, 6.45) is 1.59. The molecule has 0 spiro atoms. The molecule has 2 heterocycles. The molecule has 5 nitrogen and oxygen atoms in total. The van der Waals surface area contributed by atoms with E-state index in [4.69, 9.17) is 27.4 Å². The summed E-state index contributed by atoms with van der Waals surface area (Å²) in [5, 5.41) is 2.18.